The number of carbonyl (C=O) groups is 2. The van der Waals surface area contributed by atoms with Crippen LogP contribution < -0.4 is 16.4 Å². The van der Waals surface area contributed by atoms with Gasteiger partial charge in [0, 0.05) is 56.8 Å². The van der Waals surface area contributed by atoms with E-state index in [4.69, 9.17) is 34.2 Å². The second kappa shape index (κ2) is 29.9. The standard InChI is InChI=1S/C31H45N3O9S.C31H47N3O7S/c1-29(2,3)43-28(36)32-26(19-23-11-8-7-9-12-23)27(35)21-33(22-30(4,5)15-16-31(6)41-17-18-42-31)44(39,40)25-14-10-13-24(20-25)34(37)38;1-29(2,3)41-28(36)33-26(19-23-11-8-7-9-12-23)27(35)21-34(42(37,38)25-14-10-13-24(32)20-25)22-30(4,5)15-16-31(6)39-17-18-40-31/h7-14,20,26-27,35H,15-19,21-22H2,1-6H3,(H,32,36);7-14,20,26-27,35H,15-19,21-22,32H2,1-6H3,(H,33,36)/t2*26-,27+/m00/s1. The predicted octanol–water partition coefficient (Wildman–Crippen LogP) is 8.98. The molecule has 4 aromatic rings. The molecule has 6 rings (SSSR count). The van der Waals surface area contributed by atoms with Crippen molar-refractivity contribution in [3.8, 4) is 0 Å². The quantitative estimate of drug-likeness (QED) is 0.0211. The zero-order chi connectivity index (χ0) is 63.9. The smallest absolute Gasteiger partial charge is 0.407 e. The van der Waals surface area contributed by atoms with Gasteiger partial charge in [-0.3, -0.25) is 10.1 Å². The van der Waals surface area contributed by atoms with E-state index < -0.39 is 102 Å². The molecule has 2 heterocycles. The number of nitrogens with zero attached hydrogens (tertiary/aromatic N) is 3. The molecule has 4 atom stereocenters. The van der Waals surface area contributed by atoms with E-state index in [-0.39, 0.29) is 48.0 Å². The lowest BCUT2D eigenvalue weighted by atomic mass is 9.86. The molecule has 0 unspecified atom stereocenters. The number of nitrogen functional groups attached to an aromatic ring is 1. The Balaban J connectivity index is 0.000000314. The van der Waals surface area contributed by atoms with E-state index in [0.29, 0.717) is 57.8 Å². The molecule has 2 saturated heterocycles. The van der Waals surface area contributed by atoms with Crippen molar-refractivity contribution < 1.29 is 70.0 Å². The lowest BCUT2D eigenvalue weighted by molar-refractivity contribution is -0.385. The first-order chi connectivity index (χ1) is 39.9. The van der Waals surface area contributed by atoms with Crippen LogP contribution in [0.1, 0.15) is 120 Å². The van der Waals surface area contributed by atoms with Crippen LogP contribution in [0.3, 0.4) is 0 Å². The minimum atomic E-state index is -4.34. The summed E-state index contributed by atoms with van der Waals surface area (Å²) in [4.78, 5) is 36.1. The van der Waals surface area contributed by atoms with Crippen molar-refractivity contribution >= 4 is 43.6 Å². The Morgan fingerprint density at radius 3 is 1.31 bits per heavy atom. The third-order valence-electron chi connectivity index (χ3n) is 14.4. The van der Waals surface area contributed by atoms with Gasteiger partial charge in [0.15, 0.2) is 11.6 Å². The summed E-state index contributed by atoms with van der Waals surface area (Å²) in [6.45, 7) is 23.3. The number of aliphatic hydroxyl groups is 2. The first-order valence-electron chi connectivity index (χ1n) is 29.0. The number of non-ortho nitro benzene ring substituents is 1. The molecule has 0 spiro atoms. The number of nitro benzene ring substituents is 1. The minimum absolute atomic E-state index is 0.0274. The van der Waals surface area contributed by atoms with Gasteiger partial charge in [-0.25, -0.2) is 26.4 Å². The molecule has 478 valence electrons. The number of hydrogen-bond acceptors (Lipinski definition) is 17. The fourth-order valence-electron chi connectivity index (χ4n) is 9.76. The Morgan fingerprint density at radius 1 is 0.605 bits per heavy atom. The highest BCUT2D eigenvalue weighted by atomic mass is 32.2. The van der Waals surface area contributed by atoms with Gasteiger partial charge in [0.25, 0.3) is 5.69 Å². The van der Waals surface area contributed by atoms with E-state index >= 15 is 0 Å². The number of anilines is 1. The first kappa shape index (κ1) is 71.0. The number of aliphatic hydroxyl groups excluding tert-OH is 2. The monoisotopic (exact) mass is 1240 g/mol. The van der Waals surface area contributed by atoms with Crippen LogP contribution in [0.2, 0.25) is 0 Å². The van der Waals surface area contributed by atoms with Crippen molar-refractivity contribution in [2.45, 2.75) is 178 Å². The van der Waals surface area contributed by atoms with Crippen LogP contribution in [0.5, 0.6) is 0 Å². The molecule has 2 amide bonds. The molecular weight excluding hydrogens is 1150 g/mol. The summed E-state index contributed by atoms with van der Waals surface area (Å²) in [5.41, 5.74) is 4.87. The fraction of sp³-hybridized carbons (Fsp3) is 0.581. The van der Waals surface area contributed by atoms with Crippen LogP contribution in [-0.2, 0) is 61.3 Å². The maximum absolute atomic E-state index is 14.1. The third kappa shape index (κ3) is 23.0. The fourth-order valence-corrected chi connectivity index (χ4v) is 13.2. The highest BCUT2D eigenvalue weighted by molar-refractivity contribution is 7.89. The number of benzene rings is 4. The summed E-state index contributed by atoms with van der Waals surface area (Å²) in [6.07, 6.45) is -1.42. The van der Waals surface area contributed by atoms with Crippen LogP contribution in [0, 0.1) is 20.9 Å². The Morgan fingerprint density at radius 2 is 0.965 bits per heavy atom. The topological polar surface area (TPSA) is 298 Å². The van der Waals surface area contributed by atoms with Crippen LogP contribution >= 0.6 is 0 Å². The lowest BCUT2D eigenvalue weighted by Gasteiger charge is -2.36. The molecule has 24 heteroatoms. The van der Waals surface area contributed by atoms with Crippen molar-refractivity contribution in [3.05, 3.63) is 130 Å². The van der Waals surface area contributed by atoms with Crippen LogP contribution in [0.25, 0.3) is 0 Å². The highest BCUT2D eigenvalue weighted by Gasteiger charge is 2.41. The number of sulfonamides is 2. The molecule has 0 aliphatic carbocycles. The van der Waals surface area contributed by atoms with Crippen LogP contribution in [0.15, 0.2) is 119 Å². The van der Waals surface area contributed by atoms with Gasteiger partial charge in [0.2, 0.25) is 20.0 Å². The van der Waals surface area contributed by atoms with Crippen molar-refractivity contribution in [3.63, 3.8) is 0 Å². The third-order valence-corrected chi connectivity index (χ3v) is 18.0. The van der Waals surface area contributed by atoms with Crippen molar-refractivity contribution in [2.75, 3.05) is 58.3 Å². The average molecular weight is 1240 g/mol. The number of nitrogens with two attached hydrogens (primary N) is 1. The summed E-state index contributed by atoms with van der Waals surface area (Å²) in [5, 5.41) is 40.0. The molecule has 0 saturated carbocycles. The number of amides is 2. The van der Waals surface area contributed by atoms with Crippen LogP contribution in [0.4, 0.5) is 21.0 Å². The maximum Gasteiger partial charge on any atom is 0.407 e. The molecule has 2 fully saturated rings. The van der Waals surface area contributed by atoms with Crippen molar-refractivity contribution in [1.82, 2.24) is 19.2 Å². The van der Waals surface area contributed by atoms with Gasteiger partial charge in [-0.2, -0.15) is 8.61 Å². The van der Waals surface area contributed by atoms with E-state index in [9.17, 15) is 46.8 Å². The van der Waals surface area contributed by atoms with E-state index in [1.165, 1.54) is 34.6 Å². The van der Waals surface area contributed by atoms with E-state index in [2.05, 4.69) is 10.6 Å². The first-order valence-corrected chi connectivity index (χ1v) is 31.8. The summed E-state index contributed by atoms with van der Waals surface area (Å²) in [6, 6.07) is 27.7. The second-order valence-electron chi connectivity index (χ2n) is 25.9. The second-order valence-corrected chi connectivity index (χ2v) is 29.8. The van der Waals surface area contributed by atoms with Gasteiger partial charge in [0.05, 0.1) is 65.4 Å². The molecule has 2 aliphatic heterocycles. The van der Waals surface area contributed by atoms with Gasteiger partial charge in [-0.15, -0.1) is 0 Å². The Labute approximate surface area is 508 Å². The highest BCUT2D eigenvalue weighted by Crippen LogP contribution is 2.36. The molecule has 4 aromatic carbocycles. The molecule has 2 aliphatic rings. The molecule has 0 bridgehead atoms. The molecule has 0 radical (unpaired) electrons. The van der Waals surface area contributed by atoms with E-state index in [0.717, 1.165) is 21.5 Å². The predicted molar refractivity (Wildman–Crippen MR) is 327 cm³/mol. The SMILES string of the molecule is CC(C)(CCC1(C)OCCO1)CN(C[C@@H](O)[C@H](Cc1ccccc1)NC(=O)OC(C)(C)C)S(=O)(=O)c1cccc(N)c1.CC(C)(CCC1(C)OCCO1)CN(C[C@@H](O)[C@H](Cc1ccccc1)NC(=O)OC(C)(C)C)S(=O)(=O)c1cccc([N+](=O)[O-])c1. The number of nitrogens with one attached hydrogen (secondary N) is 2. The van der Waals surface area contributed by atoms with Crippen molar-refractivity contribution in [1.29, 1.82) is 0 Å². The van der Waals surface area contributed by atoms with Gasteiger partial charge >= 0.3 is 12.2 Å². The molecule has 86 heavy (non-hydrogen) atoms. The normalized spacial score (nSPS) is 17.0. The number of nitro groups is 1. The minimum Gasteiger partial charge on any atom is -0.444 e. The summed E-state index contributed by atoms with van der Waals surface area (Å²) in [5.74, 6) is -1.49. The number of alkyl carbamates (subject to hydrolysis) is 2. The summed E-state index contributed by atoms with van der Waals surface area (Å²) in [7, 11) is -8.42. The Hall–Kier alpha value is -5.80. The number of rotatable bonds is 27. The van der Waals surface area contributed by atoms with Gasteiger partial charge in [-0.1, -0.05) is 100 Å². The summed E-state index contributed by atoms with van der Waals surface area (Å²) < 4.78 is 92.4. The molecule has 6 N–H and O–H groups in total. The average Bonchev–Trinajstić information content (AvgIpc) is 1.41. The summed E-state index contributed by atoms with van der Waals surface area (Å²) >= 11 is 0. The molecular formula is C62H92N6O16S2. The maximum atomic E-state index is 14.1. The van der Waals surface area contributed by atoms with Crippen molar-refractivity contribution in [2.24, 2.45) is 10.8 Å². The zero-order valence-electron chi connectivity index (χ0n) is 51.9. The van der Waals surface area contributed by atoms with Crippen LogP contribution in [-0.4, -0.2) is 152 Å². The molecule has 22 nitrogen and oxygen atoms in total. The van der Waals surface area contributed by atoms with E-state index in [1.807, 2.05) is 102 Å². The zero-order valence-corrected chi connectivity index (χ0v) is 53.6. The number of ether oxygens (including phenoxy) is 6. The Kier molecular flexibility index (Phi) is 24.7. The van der Waals surface area contributed by atoms with E-state index in [1.54, 1.807) is 53.7 Å². The number of carbonyl (C=O) groups excluding carboxylic acids is 2. The molecule has 0 aromatic heterocycles. The largest absolute Gasteiger partial charge is 0.444 e. The lowest BCUT2D eigenvalue weighted by Crippen LogP contribution is -2.52. The van der Waals surface area contributed by atoms with Gasteiger partial charge in [0.1, 0.15) is 11.2 Å². The van der Waals surface area contributed by atoms with Gasteiger partial charge < -0.3 is 55.0 Å². The van der Waals surface area contributed by atoms with Gasteiger partial charge in [-0.05, 0) is 127 Å². The Bertz CT molecular complexity index is 3050. The number of hydrogen-bond donors (Lipinski definition) is 5.